The van der Waals surface area contributed by atoms with Gasteiger partial charge in [0.15, 0.2) is 28.8 Å². The summed E-state index contributed by atoms with van der Waals surface area (Å²) >= 11 is 0. The smallest absolute Gasteiger partial charge is 0.182 e. The van der Waals surface area contributed by atoms with Crippen LogP contribution in [0.3, 0.4) is 0 Å². The van der Waals surface area contributed by atoms with Crippen LogP contribution in [0, 0.1) is 17.8 Å². The lowest BCUT2D eigenvalue weighted by molar-refractivity contribution is -0.125. The Balaban J connectivity index is 0.000000259. The summed E-state index contributed by atoms with van der Waals surface area (Å²) in [7, 11) is 0. The molecule has 0 amide bonds. The number of phenols is 2. The molecule has 0 radical (unpaired) electrons. The van der Waals surface area contributed by atoms with Crippen molar-refractivity contribution in [1.29, 1.82) is 0 Å². The van der Waals surface area contributed by atoms with Gasteiger partial charge in [-0.25, -0.2) is 0 Å². The molecule has 2 N–H and O–H groups in total. The van der Waals surface area contributed by atoms with Gasteiger partial charge in [-0.1, -0.05) is 72.3 Å². The molecule has 0 saturated carbocycles. The Morgan fingerprint density at radius 2 is 1.32 bits per heavy atom. The minimum Gasteiger partial charge on any atom is -0.504 e. The summed E-state index contributed by atoms with van der Waals surface area (Å²) < 4.78 is 11.5. The number of hydrogen-bond acceptors (Lipinski definition) is 7. The van der Waals surface area contributed by atoms with E-state index in [-0.39, 0.29) is 23.2 Å². The number of fused-ring (bicyclic) bond motifs is 3. The number of Topliss-reactive ketones (excluding diaryl/α,β-unsaturated/α-hetero) is 1. The van der Waals surface area contributed by atoms with Crippen LogP contribution < -0.4 is 9.47 Å². The van der Waals surface area contributed by atoms with Crippen molar-refractivity contribution in [1.82, 2.24) is 4.90 Å². The summed E-state index contributed by atoms with van der Waals surface area (Å²) in [5.74, 6) is 2.66. The maximum absolute atomic E-state index is 12.4. The molecule has 3 fully saturated rings. The minimum absolute atomic E-state index is 0.0324. The third-order valence-electron chi connectivity index (χ3n) is 8.90. The molecule has 0 aliphatic carbocycles. The van der Waals surface area contributed by atoms with Crippen molar-refractivity contribution in [3.05, 3.63) is 53.2 Å². The molecule has 3 heterocycles. The molecule has 0 aromatic heterocycles. The first-order chi connectivity index (χ1) is 21.3. The number of allylic oxidation sites excluding steroid dienone is 1. The molecule has 5 rings (SSSR count). The molecule has 2 unspecified atom stereocenters. The fourth-order valence-corrected chi connectivity index (χ4v) is 5.76. The van der Waals surface area contributed by atoms with Gasteiger partial charge in [0, 0.05) is 24.6 Å². The van der Waals surface area contributed by atoms with Gasteiger partial charge in [0.05, 0.1) is 18.9 Å². The highest BCUT2D eigenvalue weighted by molar-refractivity contribution is 6.02. The number of piperidine rings is 3. The van der Waals surface area contributed by atoms with Crippen molar-refractivity contribution in [3.8, 4) is 23.0 Å². The van der Waals surface area contributed by atoms with Gasteiger partial charge in [-0.15, -0.1) is 0 Å². The van der Waals surface area contributed by atoms with E-state index in [1.165, 1.54) is 31.7 Å². The number of rotatable bonds is 16. The molecule has 2 atom stereocenters. The summed E-state index contributed by atoms with van der Waals surface area (Å²) in [5.41, 5.74) is 2.10. The maximum atomic E-state index is 12.4. The molecule has 44 heavy (non-hydrogen) atoms. The van der Waals surface area contributed by atoms with Crippen LogP contribution in [-0.4, -0.2) is 53.5 Å². The van der Waals surface area contributed by atoms with E-state index in [4.69, 9.17) is 9.47 Å². The van der Waals surface area contributed by atoms with Gasteiger partial charge in [0.1, 0.15) is 6.29 Å². The maximum Gasteiger partial charge on any atom is 0.182 e. The standard InChI is InChI=1S/C22H31NO3.C15H22O3/c1-3-5-6-16(4-2)15-26-21-8-7-17(14-20(21)24)13-19-22(25)18-9-11-23(19)12-10-18;1-3-5-6-12(4-2)11-18-15-8-7-13(10-16)9-14(15)17/h7-8,13-14,16,18,24H,3-6,9-12,15H2,1-2H3;7-10,12,17H,3-6,11H2,1-2H3. The lowest BCUT2D eigenvalue weighted by Gasteiger charge is -2.41. The molecule has 7 heteroatoms. The third-order valence-corrected chi connectivity index (χ3v) is 8.90. The van der Waals surface area contributed by atoms with E-state index in [2.05, 4.69) is 32.6 Å². The van der Waals surface area contributed by atoms with Crippen molar-refractivity contribution in [2.45, 2.75) is 91.9 Å². The molecule has 3 aliphatic rings. The quantitative estimate of drug-likeness (QED) is 0.146. The zero-order valence-electron chi connectivity index (χ0n) is 27.2. The Morgan fingerprint density at radius 3 is 1.75 bits per heavy atom. The number of benzene rings is 2. The van der Waals surface area contributed by atoms with Gasteiger partial charge in [0.2, 0.25) is 0 Å². The molecule has 3 aliphatic heterocycles. The number of phenolic OH excluding ortho intramolecular Hbond substituents is 2. The Morgan fingerprint density at radius 1 is 0.818 bits per heavy atom. The number of carbonyl (C=O) groups excluding carboxylic acids is 2. The van der Waals surface area contributed by atoms with Crippen molar-refractivity contribution < 1.29 is 29.3 Å². The van der Waals surface area contributed by atoms with Gasteiger partial charge >= 0.3 is 0 Å². The van der Waals surface area contributed by atoms with Gasteiger partial charge in [0.25, 0.3) is 0 Å². The lowest BCUT2D eigenvalue weighted by atomic mass is 9.84. The van der Waals surface area contributed by atoms with E-state index in [1.807, 2.05) is 18.2 Å². The predicted molar refractivity (Wildman–Crippen MR) is 176 cm³/mol. The Labute approximate surface area is 264 Å². The number of carbonyl (C=O) groups is 2. The number of nitrogens with zero attached hydrogens (tertiary/aromatic N) is 1. The van der Waals surface area contributed by atoms with Crippen molar-refractivity contribution >= 4 is 18.1 Å². The SMILES string of the molecule is CCCCC(CC)COc1ccc(C=C2C(=O)C3CCN2CC3)cc1O.CCCCC(CC)COc1ccc(C=O)cc1O. The normalized spacial score (nSPS) is 16.8. The molecule has 2 aromatic rings. The fraction of sp³-hybridized carbons (Fsp3) is 0.568. The molecule has 3 saturated heterocycles. The first-order valence-corrected chi connectivity index (χ1v) is 16.7. The molecular weight excluding hydrogens is 554 g/mol. The van der Waals surface area contributed by atoms with Crippen LogP contribution in [-0.2, 0) is 4.79 Å². The zero-order valence-corrected chi connectivity index (χ0v) is 27.2. The van der Waals surface area contributed by atoms with Gasteiger partial charge in [-0.3, -0.25) is 9.59 Å². The molecule has 0 spiro atoms. The second kappa shape index (κ2) is 18.4. The molecule has 7 nitrogen and oxygen atoms in total. The van der Waals surface area contributed by atoms with E-state index in [1.54, 1.807) is 18.2 Å². The van der Waals surface area contributed by atoms with Crippen LogP contribution in [0.5, 0.6) is 23.0 Å². The second-order valence-corrected chi connectivity index (χ2v) is 12.2. The number of hydrogen-bond donors (Lipinski definition) is 2. The highest BCUT2D eigenvalue weighted by Gasteiger charge is 2.36. The fourth-order valence-electron chi connectivity index (χ4n) is 5.76. The summed E-state index contributed by atoms with van der Waals surface area (Å²) in [4.78, 5) is 25.2. The zero-order chi connectivity index (χ0) is 31.9. The van der Waals surface area contributed by atoms with E-state index in [0.29, 0.717) is 48.4 Å². The summed E-state index contributed by atoms with van der Waals surface area (Å²) in [6.07, 6.45) is 13.9. The number of aromatic hydroxyl groups is 2. The van der Waals surface area contributed by atoms with Crippen LogP contribution in [0.15, 0.2) is 42.1 Å². The molecule has 242 valence electrons. The van der Waals surface area contributed by atoms with Gasteiger partial charge < -0.3 is 24.6 Å². The summed E-state index contributed by atoms with van der Waals surface area (Å²) in [6.45, 7) is 11.9. The monoisotopic (exact) mass is 607 g/mol. The van der Waals surface area contributed by atoms with E-state index >= 15 is 0 Å². The number of aldehydes is 1. The number of ether oxygens (including phenoxy) is 2. The Hall–Kier alpha value is -3.48. The largest absolute Gasteiger partial charge is 0.504 e. The topological polar surface area (TPSA) is 96.3 Å². The van der Waals surface area contributed by atoms with E-state index < -0.39 is 0 Å². The van der Waals surface area contributed by atoms with Gasteiger partial charge in [-0.05, 0) is 79.5 Å². The van der Waals surface area contributed by atoms with Crippen molar-refractivity contribution in [2.75, 3.05) is 26.3 Å². The Bertz CT molecular complexity index is 1220. The van der Waals surface area contributed by atoms with Crippen LogP contribution in [0.2, 0.25) is 0 Å². The van der Waals surface area contributed by atoms with E-state index in [0.717, 1.165) is 62.9 Å². The van der Waals surface area contributed by atoms with Crippen LogP contribution in [0.1, 0.15) is 108 Å². The average Bonchev–Trinajstić information content (AvgIpc) is 3.04. The predicted octanol–water partition coefficient (Wildman–Crippen LogP) is 8.42. The van der Waals surface area contributed by atoms with Crippen LogP contribution in [0.25, 0.3) is 6.08 Å². The molecule has 2 bridgehead atoms. The highest BCUT2D eigenvalue weighted by Crippen LogP contribution is 2.34. The first kappa shape index (κ1) is 35.0. The average molecular weight is 608 g/mol. The summed E-state index contributed by atoms with van der Waals surface area (Å²) in [6, 6.07) is 10.2. The van der Waals surface area contributed by atoms with E-state index in [9.17, 15) is 19.8 Å². The minimum atomic E-state index is 0.0324. The summed E-state index contributed by atoms with van der Waals surface area (Å²) in [5, 5.41) is 20.0. The third kappa shape index (κ3) is 10.3. The van der Waals surface area contributed by atoms with Crippen LogP contribution >= 0.6 is 0 Å². The van der Waals surface area contributed by atoms with Crippen molar-refractivity contribution in [2.24, 2.45) is 17.8 Å². The number of unbranched alkanes of at least 4 members (excludes halogenated alkanes) is 2. The van der Waals surface area contributed by atoms with Gasteiger partial charge in [-0.2, -0.15) is 0 Å². The Kier molecular flexibility index (Phi) is 14.6. The van der Waals surface area contributed by atoms with Crippen molar-refractivity contribution in [3.63, 3.8) is 0 Å². The molecular formula is C37H53NO6. The second-order valence-electron chi connectivity index (χ2n) is 12.2. The molecule has 2 aromatic carbocycles. The lowest BCUT2D eigenvalue weighted by Crippen LogP contribution is -2.45. The first-order valence-electron chi connectivity index (χ1n) is 16.7. The number of ketones is 1. The van der Waals surface area contributed by atoms with Crippen LogP contribution in [0.4, 0.5) is 0 Å². The highest BCUT2D eigenvalue weighted by atomic mass is 16.5.